The Bertz CT molecular complexity index is 756. The highest BCUT2D eigenvalue weighted by molar-refractivity contribution is 5.83. The van der Waals surface area contributed by atoms with E-state index in [-0.39, 0.29) is 17.6 Å². The number of benzene rings is 2. The van der Waals surface area contributed by atoms with Crippen molar-refractivity contribution in [3.63, 3.8) is 0 Å². The molecule has 0 aromatic heterocycles. The molecule has 3 nitrogen and oxygen atoms in total. The molecule has 1 saturated carbocycles. The lowest BCUT2D eigenvalue weighted by Crippen LogP contribution is -2.50. The van der Waals surface area contributed by atoms with E-state index in [0.29, 0.717) is 32.0 Å². The minimum atomic E-state index is -0.527. The lowest BCUT2D eigenvalue weighted by molar-refractivity contribution is -0.125. The van der Waals surface area contributed by atoms with Crippen molar-refractivity contribution in [3.8, 4) is 0 Å². The lowest BCUT2D eigenvalue weighted by Gasteiger charge is -2.38. The molecule has 1 heterocycles. The Morgan fingerprint density at radius 2 is 1.84 bits per heavy atom. The second-order valence-electron chi connectivity index (χ2n) is 7.05. The number of ether oxygens (including phenoxy) is 1. The Labute approximate surface area is 147 Å². The van der Waals surface area contributed by atoms with Gasteiger partial charge in [0.1, 0.15) is 5.82 Å². The molecule has 25 heavy (non-hydrogen) atoms. The van der Waals surface area contributed by atoms with Gasteiger partial charge in [-0.15, -0.1) is 0 Å². The molecular weight excluding hydrogens is 317 g/mol. The normalized spacial score (nSPS) is 24.5. The van der Waals surface area contributed by atoms with E-state index in [4.69, 9.17) is 4.74 Å². The molecule has 4 heteroatoms. The molecule has 1 N–H and O–H groups in total. The van der Waals surface area contributed by atoms with Crippen molar-refractivity contribution in [2.75, 3.05) is 13.2 Å². The largest absolute Gasteiger partial charge is 0.381 e. The Morgan fingerprint density at radius 1 is 1.08 bits per heavy atom. The second kappa shape index (κ2) is 6.60. The van der Waals surface area contributed by atoms with Gasteiger partial charge >= 0.3 is 0 Å². The van der Waals surface area contributed by atoms with Crippen LogP contribution >= 0.6 is 0 Å². The van der Waals surface area contributed by atoms with Crippen molar-refractivity contribution >= 4 is 5.91 Å². The summed E-state index contributed by atoms with van der Waals surface area (Å²) in [4.78, 5) is 12.9. The van der Waals surface area contributed by atoms with Crippen molar-refractivity contribution < 1.29 is 13.9 Å². The molecular formula is C21H22FNO2. The fourth-order valence-corrected chi connectivity index (χ4v) is 3.87. The first-order valence-corrected chi connectivity index (χ1v) is 8.89. The summed E-state index contributed by atoms with van der Waals surface area (Å²) in [7, 11) is 0. The number of hydrogen-bond acceptors (Lipinski definition) is 2. The maximum atomic E-state index is 13.7. The summed E-state index contributed by atoms with van der Waals surface area (Å²) >= 11 is 0. The van der Waals surface area contributed by atoms with Crippen LogP contribution in [0.4, 0.5) is 4.39 Å². The van der Waals surface area contributed by atoms with E-state index in [9.17, 15) is 9.18 Å². The standard InChI is InChI=1S/C21H22FNO2/c22-17-8-4-7-16(13-17)21(9-11-25-12-10-21)23-20(24)19-14-18(19)15-5-2-1-3-6-15/h1-8,13,18-19H,9-12,14H2,(H,23,24)/t18-,19+/m0/s1. The minimum absolute atomic E-state index is 0.00989. The van der Waals surface area contributed by atoms with Crippen molar-refractivity contribution in [3.05, 3.63) is 71.5 Å². The third kappa shape index (κ3) is 3.31. The molecule has 0 radical (unpaired) electrons. The van der Waals surface area contributed by atoms with E-state index >= 15 is 0 Å². The van der Waals surface area contributed by atoms with Gasteiger partial charge in [0.15, 0.2) is 0 Å². The summed E-state index contributed by atoms with van der Waals surface area (Å²) in [6, 6.07) is 16.7. The Balaban J connectivity index is 1.53. The molecule has 2 aromatic carbocycles. The molecule has 2 aliphatic rings. The molecule has 4 rings (SSSR count). The fraction of sp³-hybridized carbons (Fsp3) is 0.381. The zero-order valence-electron chi connectivity index (χ0n) is 14.1. The van der Waals surface area contributed by atoms with Crippen molar-refractivity contribution in [2.45, 2.75) is 30.7 Å². The van der Waals surface area contributed by atoms with Crippen LogP contribution in [0.2, 0.25) is 0 Å². The summed E-state index contributed by atoms with van der Waals surface area (Å²) in [5.41, 5.74) is 1.52. The molecule has 130 valence electrons. The van der Waals surface area contributed by atoms with E-state index in [0.717, 1.165) is 12.0 Å². The van der Waals surface area contributed by atoms with Gasteiger partial charge < -0.3 is 10.1 Å². The summed E-state index contributed by atoms with van der Waals surface area (Å²) in [6.45, 7) is 1.15. The van der Waals surface area contributed by atoms with Crippen LogP contribution in [-0.2, 0) is 15.1 Å². The van der Waals surface area contributed by atoms with Crippen LogP contribution in [0.3, 0.4) is 0 Å². The van der Waals surface area contributed by atoms with Gasteiger partial charge in [0, 0.05) is 19.1 Å². The zero-order valence-corrected chi connectivity index (χ0v) is 14.1. The van der Waals surface area contributed by atoms with Crippen molar-refractivity contribution in [2.24, 2.45) is 5.92 Å². The lowest BCUT2D eigenvalue weighted by atomic mass is 9.82. The van der Waals surface area contributed by atoms with Gasteiger partial charge in [-0.3, -0.25) is 4.79 Å². The van der Waals surface area contributed by atoms with E-state index in [1.807, 2.05) is 24.3 Å². The van der Waals surface area contributed by atoms with Crippen LogP contribution in [0, 0.1) is 11.7 Å². The van der Waals surface area contributed by atoms with Crippen LogP contribution in [0.15, 0.2) is 54.6 Å². The predicted octanol–water partition coefficient (Wildman–Crippen LogP) is 3.75. The molecule has 0 bridgehead atoms. The molecule has 2 fully saturated rings. The van der Waals surface area contributed by atoms with Crippen molar-refractivity contribution in [1.29, 1.82) is 0 Å². The average Bonchev–Trinajstić information content (AvgIpc) is 3.44. The summed E-state index contributed by atoms with van der Waals surface area (Å²) in [5, 5.41) is 3.25. The van der Waals surface area contributed by atoms with Gasteiger partial charge in [0.2, 0.25) is 5.91 Å². The molecule has 1 saturated heterocycles. The number of carbonyl (C=O) groups excluding carboxylic acids is 1. The minimum Gasteiger partial charge on any atom is -0.381 e. The van der Waals surface area contributed by atoms with Gasteiger partial charge in [-0.1, -0.05) is 42.5 Å². The number of carbonyl (C=O) groups is 1. The van der Waals surface area contributed by atoms with Gasteiger partial charge in [-0.25, -0.2) is 4.39 Å². The van der Waals surface area contributed by atoms with E-state index < -0.39 is 5.54 Å². The quantitative estimate of drug-likeness (QED) is 0.921. The van der Waals surface area contributed by atoms with E-state index in [1.165, 1.54) is 17.7 Å². The third-order valence-electron chi connectivity index (χ3n) is 5.44. The van der Waals surface area contributed by atoms with Crippen LogP contribution in [-0.4, -0.2) is 19.1 Å². The first-order chi connectivity index (χ1) is 12.2. The average molecular weight is 339 g/mol. The van der Waals surface area contributed by atoms with Crippen LogP contribution in [0.1, 0.15) is 36.3 Å². The highest BCUT2D eigenvalue weighted by Gasteiger charge is 2.47. The van der Waals surface area contributed by atoms with Gasteiger partial charge in [0.25, 0.3) is 0 Å². The molecule has 1 aliphatic carbocycles. The highest BCUT2D eigenvalue weighted by atomic mass is 19.1. The van der Waals surface area contributed by atoms with E-state index in [2.05, 4.69) is 17.4 Å². The summed E-state index contributed by atoms with van der Waals surface area (Å²) in [6.07, 6.45) is 2.22. The Hall–Kier alpha value is -2.20. The topological polar surface area (TPSA) is 38.3 Å². The van der Waals surface area contributed by atoms with Crippen molar-refractivity contribution in [1.82, 2.24) is 5.32 Å². The van der Waals surface area contributed by atoms with Gasteiger partial charge in [-0.05, 0) is 48.4 Å². The molecule has 0 spiro atoms. The van der Waals surface area contributed by atoms with Crippen LogP contribution < -0.4 is 5.32 Å². The molecule has 0 unspecified atom stereocenters. The zero-order chi connectivity index (χ0) is 17.3. The fourth-order valence-electron chi connectivity index (χ4n) is 3.87. The van der Waals surface area contributed by atoms with Gasteiger partial charge in [0.05, 0.1) is 5.54 Å². The molecule has 1 amide bonds. The first-order valence-electron chi connectivity index (χ1n) is 8.89. The maximum absolute atomic E-state index is 13.7. The SMILES string of the molecule is O=C(NC1(c2cccc(F)c2)CCOCC1)[C@@H]1C[C@H]1c1ccccc1. The Kier molecular flexibility index (Phi) is 4.30. The number of amides is 1. The second-order valence-corrected chi connectivity index (χ2v) is 7.05. The molecule has 2 aromatic rings. The smallest absolute Gasteiger partial charge is 0.224 e. The maximum Gasteiger partial charge on any atom is 0.224 e. The monoisotopic (exact) mass is 339 g/mol. The summed E-state index contributed by atoms with van der Waals surface area (Å²) < 4.78 is 19.2. The molecule has 1 aliphatic heterocycles. The van der Waals surface area contributed by atoms with E-state index in [1.54, 1.807) is 6.07 Å². The van der Waals surface area contributed by atoms with Gasteiger partial charge in [-0.2, -0.15) is 0 Å². The molecule has 2 atom stereocenters. The number of rotatable bonds is 4. The third-order valence-corrected chi connectivity index (χ3v) is 5.44. The van der Waals surface area contributed by atoms with Crippen LogP contribution in [0.25, 0.3) is 0 Å². The Morgan fingerprint density at radius 3 is 2.56 bits per heavy atom. The van der Waals surface area contributed by atoms with Crippen LogP contribution in [0.5, 0.6) is 0 Å². The predicted molar refractivity (Wildman–Crippen MR) is 93.6 cm³/mol. The highest BCUT2D eigenvalue weighted by Crippen LogP contribution is 2.48. The number of hydrogen-bond donors (Lipinski definition) is 1. The number of halogens is 1. The first kappa shape index (κ1) is 16.3. The number of nitrogens with one attached hydrogen (secondary N) is 1. The summed E-state index contributed by atoms with van der Waals surface area (Å²) in [5.74, 6) is 0.104.